The summed E-state index contributed by atoms with van der Waals surface area (Å²) < 4.78 is 28.3. The minimum atomic E-state index is -3.59. The van der Waals surface area contributed by atoms with Gasteiger partial charge in [-0.05, 0) is 80.1 Å². The number of nitrogens with one attached hydrogen (secondary N) is 1. The monoisotopic (exact) mass is 351 g/mol. The van der Waals surface area contributed by atoms with Crippen LogP contribution in [0.15, 0.2) is 29.2 Å². The van der Waals surface area contributed by atoms with Crippen molar-refractivity contribution < 1.29 is 8.42 Å². The molecular weight excluding hydrogens is 330 g/mol. The number of hydrogen-bond donors (Lipinski definition) is 1. The molecule has 23 heavy (non-hydrogen) atoms. The molecule has 0 radical (unpaired) electrons. The number of halogens is 1. The Hall–Kier alpha value is -1.36. The lowest BCUT2D eigenvalue weighted by atomic mass is 10.0. The van der Waals surface area contributed by atoms with Crippen molar-refractivity contribution in [3.63, 3.8) is 0 Å². The van der Waals surface area contributed by atoms with Gasteiger partial charge in [0.2, 0.25) is 10.0 Å². The van der Waals surface area contributed by atoms with Crippen LogP contribution in [0.1, 0.15) is 33.4 Å². The zero-order chi connectivity index (χ0) is 17.4. The van der Waals surface area contributed by atoms with Crippen molar-refractivity contribution in [2.24, 2.45) is 0 Å². The highest BCUT2D eigenvalue weighted by Gasteiger charge is 2.22. The molecular formula is C18H22ClNO2S. The molecule has 2 aromatic rings. The maximum atomic E-state index is 12.8. The molecule has 0 atom stereocenters. The number of rotatable bonds is 4. The molecule has 0 bridgehead atoms. The quantitative estimate of drug-likeness (QED) is 0.889. The van der Waals surface area contributed by atoms with Gasteiger partial charge in [0.1, 0.15) is 0 Å². The lowest BCUT2D eigenvalue weighted by molar-refractivity contribution is 0.579. The van der Waals surface area contributed by atoms with Gasteiger partial charge in [0.05, 0.1) is 4.90 Å². The zero-order valence-corrected chi connectivity index (χ0v) is 15.7. The molecule has 0 amide bonds. The summed E-state index contributed by atoms with van der Waals surface area (Å²) in [5.41, 5.74) is 5.43. The average molecular weight is 352 g/mol. The van der Waals surface area contributed by atoms with Crippen LogP contribution in [0, 0.1) is 34.6 Å². The highest BCUT2D eigenvalue weighted by atomic mass is 35.5. The lowest BCUT2D eigenvalue weighted by Gasteiger charge is -2.16. The van der Waals surface area contributed by atoms with Crippen LogP contribution in [-0.4, -0.2) is 8.42 Å². The third kappa shape index (κ3) is 3.77. The van der Waals surface area contributed by atoms with E-state index in [2.05, 4.69) is 4.72 Å². The summed E-state index contributed by atoms with van der Waals surface area (Å²) in [5, 5.41) is 0.601. The first-order valence-electron chi connectivity index (χ1n) is 7.45. The van der Waals surface area contributed by atoms with E-state index in [1.807, 2.05) is 46.8 Å². The number of hydrogen-bond acceptors (Lipinski definition) is 2. The second-order valence-electron chi connectivity index (χ2n) is 5.98. The van der Waals surface area contributed by atoms with Gasteiger partial charge in [-0.1, -0.05) is 23.7 Å². The molecule has 0 spiro atoms. The molecule has 0 aliphatic carbocycles. The summed E-state index contributed by atoms with van der Waals surface area (Å²) in [5.74, 6) is 0. The molecule has 0 saturated carbocycles. The van der Waals surface area contributed by atoms with E-state index in [1.165, 1.54) is 0 Å². The zero-order valence-electron chi connectivity index (χ0n) is 14.1. The fraction of sp³-hybridized carbons (Fsp3) is 0.333. The molecule has 124 valence electrons. The summed E-state index contributed by atoms with van der Waals surface area (Å²) in [4.78, 5) is 0.384. The molecule has 0 fully saturated rings. The molecule has 0 aliphatic rings. The third-order valence-electron chi connectivity index (χ3n) is 4.33. The minimum Gasteiger partial charge on any atom is -0.207 e. The molecule has 3 nitrogen and oxygen atoms in total. The van der Waals surface area contributed by atoms with Crippen molar-refractivity contribution in [3.8, 4) is 0 Å². The highest BCUT2D eigenvalue weighted by Crippen LogP contribution is 2.26. The molecule has 0 aliphatic heterocycles. The SMILES string of the molecule is Cc1ccc(Cl)cc1CNS(=O)(=O)c1c(C)c(C)cc(C)c1C. The Morgan fingerprint density at radius 2 is 1.48 bits per heavy atom. The van der Waals surface area contributed by atoms with E-state index in [1.54, 1.807) is 12.1 Å². The first-order valence-corrected chi connectivity index (χ1v) is 9.31. The van der Waals surface area contributed by atoms with Crippen LogP contribution >= 0.6 is 11.6 Å². The van der Waals surface area contributed by atoms with Gasteiger partial charge in [-0.15, -0.1) is 0 Å². The molecule has 1 N–H and O–H groups in total. The predicted octanol–water partition coefficient (Wildman–Crippen LogP) is 4.36. The van der Waals surface area contributed by atoms with E-state index in [4.69, 9.17) is 11.6 Å². The van der Waals surface area contributed by atoms with Crippen molar-refractivity contribution in [3.05, 3.63) is 62.7 Å². The van der Waals surface area contributed by atoms with E-state index in [9.17, 15) is 8.42 Å². The van der Waals surface area contributed by atoms with Gasteiger partial charge in [-0.3, -0.25) is 0 Å². The van der Waals surface area contributed by atoms with Crippen LogP contribution in [0.3, 0.4) is 0 Å². The van der Waals surface area contributed by atoms with Crippen LogP contribution in [0.2, 0.25) is 5.02 Å². The molecule has 0 saturated heterocycles. The molecule has 0 aromatic heterocycles. The summed E-state index contributed by atoms with van der Waals surface area (Å²) in [7, 11) is -3.59. The number of sulfonamides is 1. The standard InChI is InChI=1S/C18H22ClNO2S/c1-11-6-7-17(19)9-16(11)10-20-23(21,22)18-14(4)12(2)8-13(3)15(18)5/h6-9,20H,10H2,1-5H3. The maximum Gasteiger partial charge on any atom is 0.241 e. The van der Waals surface area contributed by atoms with Crippen LogP contribution < -0.4 is 4.72 Å². The van der Waals surface area contributed by atoms with Gasteiger partial charge in [0, 0.05) is 11.6 Å². The van der Waals surface area contributed by atoms with E-state index >= 15 is 0 Å². The summed E-state index contributed by atoms with van der Waals surface area (Å²) >= 11 is 6.00. The average Bonchev–Trinajstić information content (AvgIpc) is 2.46. The van der Waals surface area contributed by atoms with E-state index in [-0.39, 0.29) is 6.54 Å². The normalized spacial score (nSPS) is 11.7. The smallest absolute Gasteiger partial charge is 0.207 e. The molecule has 2 rings (SSSR count). The van der Waals surface area contributed by atoms with Crippen molar-refractivity contribution >= 4 is 21.6 Å². The Kier molecular flexibility index (Phi) is 5.19. The fourth-order valence-electron chi connectivity index (χ4n) is 2.66. The van der Waals surface area contributed by atoms with Gasteiger partial charge in [-0.25, -0.2) is 13.1 Å². The molecule has 0 unspecified atom stereocenters. The topological polar surface area (TPSA) is 46.2 Å². The number of aryl methyl sites for hydroxylation is 3. The molecule has 2 aromatic carbocycles. The Labute approximate surface area is 143 Å². The van der Waals surface area contributed by atoms with Gasteiger partial charge >= 0.3 is 0 Å². The summed E-state index contributed by atoms with van der Waals surface area (Å²) in [6, 6.07) is 7.50. The van der Waals surface area contributed by atoms with E-state index in [0.717, 1.165) is 33.4 Å². The van der Waals surface area contributed by atoms with Gasteiger partial charge in [-0.2, -0.15) is 0 Å². The van der Waals surface area contributed by atoms with Gasteiger partial charge < -0.3 is 0 Å². The maximum absolute atomic E-state index is 12.8. The second-order valence-corrected chi connectivity index (χ2v) is 8.13. The Morgan fingerprint density at radius 1 is 0.913 bits per heavy atom. The third-order valence-corrected chi connectivity index (χ3v) is 6.24. The molecule has 0 heterocycles. The first kappa shape index (κ1) is 18.0. The van der Waals surface area contributed by atoms with Gasteiger partial charge in [0.15, 0.2) is 0 Å². The number of benzene rings is 2. The Balaban J connectivity index is 2.39. The van der Waals surface area contributed by atoms with E-state index in [0.29, 0.717) is 9.92 Å². The fourth-order valence-corrected chi connectivity index (χ4v) is 4.47. The van der Waals surface area contributed by atoms with Crippen molar-refractivity contribution in [2.75, 3.05) is 0 Å². The van der Waals surface area contributed by atoms with E-state index < -0.39 is 10.0 Å². The Morgan fingerprint density at radius 3 is 2.04 bits per heavy atom. The van der Waals surface area contributed by atoms with Crippen LogP contribution in [0.4, 0.5) is 0 Å². The van der Waals surface area contributed by atoms with Crippen molar-refractivity contribution in [2.45, 2.75) is 46.1 Å². The molecule has 5 heteroatoms. The lowest BCUT2D eigenvalue weighted by Crippen LogP contribution is -2.25. The predicted molar refractivity (Wildman–Crippen MR) is 95.6 cm³/mol. The second kappa shape index (κ2) is 6.63. The minimum absolute atomic E-state index is 0.223. The summed E-state index contributed by atoms with van der Waals surface area (Å²) in [6.45, 7) is 9.72. The summed E-state index contributed by atoms with van der Waals surface area (Å²) in [6.07, 6.45) is 0. The Bertz CT molecular complexity index is 832. The van der Waals surface area contributed by atoms with Gasteiger partial charge in [0.25, 0.3) is 0 Å². The highest BCUT2D eigenvalue weighted by molar-refractivity contribution is 7.89. The first-order chi connectivity index (χ1) is 10.6. The van der Waals surface area contributed by atoms with Crippen molar-refractivity contribution in [1.82, 2.24) is 4.72 Å². The van der Waals surface area contributed by atoms with Crippen LogP contribution in [-0.2, 0) is 16.6 Å². The largest absolute Gasteiger partial charge is 0.241 e. The van der Waals surface area contributed by atoms with Crippen molar-refractivity contribution in [1.29, 1.82) is 0 Å². The van der Waals surface area contributed by atoms with Crippen LogP contribution in [0.5, 0.6) is 0 Å². The van der Waals surface area contributed by atoms with Crippen LogP contribution in [0.25, 0.3) is 0 Å².